The van der Waals surface area contributed by atoms with Crippen LogP contribution in [0, 0.1) is 11.3 Å². The van der Waals surface area contributed by atoms with Crippen LogP contribution >= 0.6 is 0 Å². The van der Waals surface area contributed by atoms with Crippen molar-refractivity contribution in [2.45, 2.75) is 228 Å². The number of hydrogen-bond acceptors (Lipinski definition) is 7. The van der Waals surface area contributed by atoms with Crippen molar-refractivity contribution in [3.05, 3.63) is 24.3 Å². The molecule has 0 fully saturated rings. The molecule has 0 atom stereocenters. The summed E-state index contributed by atoms with van der Waals surface area (Å²) >= 11 is 0. The summed E-state index contributed by atoms with van der Waals surface area (Å²) in [6, 6.07) is 0. The number of carbonyl (C=O) groups excluding carboxylic acids is 3. The summed E-state index contributed by atoms with van der Waals surface area (Å²) in [5.41, 5.74) is -0.00335. The number of rotatable bonds is 34. The van der Waals surface area contributed by atoms with E-state index in [2.05, 4.69) is 51.7 Å². The van der Waals surface area contributed by atoms with Crippen LogP contribution in [0.15, 0.2) is 24.3 Å². The molecule has 0 aliphatic rings. The average molecular weight is 792 g/mol. The van der Waals surface area contributed by atoms with Gasteiger partial charge in [0.1, 0.15) is 18.8 Å². The molecule has 7 heteroatoms. The molecule has 7 nitrogen and oxygen atoms in total. The molecule has 0 aliphatic heterocycles. The molecule has 0 spiro atoms. The molecule has 0 radical (unpaired) electrons. The van der Waals surface area contributed by atoms with Gasteiger partial charge in [-0.05, 0) is 111 Å². The number of esters is 3. The van der Waals surface area contributed by atoms with Gasteiger partial charge in [-0.1, -0.05) is 149 Å². The predicted molar refractivity (Wildman–Crippen MR) is 239 cm³/mol. The molecule has 0 aromatic heterocycles. The third-order valence-electron chi connectivity index (χ3n) is 9.96. The van der Waals surface area contributed by atoms with Crippen molar-refractivity contribution in [2.75, 3.05) is 33.9 Å². The molecular weight excluding hydrogens is 699 g/mol. The summed E-state index contributed by atoms with van der Waals surface area (Å²) < 4.78 is 15.8. The first-order valence-electron chi connectivity index (χ1n) is 23.1. The molecule has 0 saturated carbocycles. The maximum atomic E-state index is 11.9. The molecule has 330 valence electrons. The highest BCUT2D eigenvalue weighted by molar-refractivity contribution is 5.70. The molecule has 0 heterocycles. The topological polar surface area (TPSA) is 82.1 Å². The highest BCUT2D eigenvalue weighted by Crippen LogP contribution is 2.34. The molecule has 0 aliphatic carbocycles. The van der Waals surface area contributed by atoms with Crippen LogP contribution in [0.3, 0.4) is 0 Å². The second kappa shape index (κ2) is 38.4. The fourth-order valence-electron chi connectivity index (χ4n) is 6.50. The SMILES string of the molecule is CCCCCC/C=C\COC(=O)CCCCCCCC(CCCCCCCC(=O)OC/C=C\CCCCCC)C(C)(C)C.CN(C)CCCC(=O)OC(C)(C)C. The van der Waals surface area contributed by atoms with Crippen molar-refractivity contribution in [1.29, 1.82) is 0 Å². The van der Waals surface area contributed by atoms with E-state index in [1.165, 1.54) is 103 Å². The van der Waals surface area contributed by atoms with E-state index >= 15 is 0 Å². The highest BCUT2D eigenvalue weighted by Gasteiger charge is 2.23. The van der Waals surface area contributed by atoms with Crippen molar-refractivity contribution < 1.29 is 28.6 Å². The van der Waals surface area contributed by atoms with Crippen molar-refractivity contribution in [3.63, 3.8) is 0 Å². The molecule has 0 rings (SSSR count). The summed E-state index contributed by atoms with van der Waals surface area (Å²) in [7, 11) is 3.99. The van der Waals surface area contributed by atoms with Crippen molar-refractivity contribution in [3.8, 4) is 0 Å². The zero-order valence-corrected chi connectivity index (χ0v) is 38.8. The summed E-state index contributed by atoms with van der Waals surface area (Å²) in [6.45, 7) is 19.0. The molecule has 0 amide bonds. The zero-order valence-electron chi connectivity index (χ0n) is 38.8. The third kappa shape index (κ3) is 44.6. The van der Waals surface area contributed by atoms with Gasteiger partial charge in [-0.2, -0.15) is 0 Å². The van der Waals surface area contributed by atoms with Crippen LogP contribution in [0.2, 0.25) is 0 Å². The summed E-state index contributed by atoms with van der Waals surface area (Å²) in [5.74, 6) is 0.547. The lowest BCUT2D eigenvalue weighted by atomic mass is 9.75. The number of ether oxygens (including phenoxy) is 3. The molecule has 0 aromatic rings. The Kier molecular flexibility index (Phi) is 38.3. The van der Waals surface area contributed by atoms with Gasteiger partial charge in [0.15, 0.2) is 0 Å². The Balaban J connectivity index is 0. The minimum absolute atomic E-state index is 0.0559. The predicted octanol–water partition coefficient (Wildman–Crippen LogP) is 13.9. The Labute approximate surface area is 347 Å². The molecule has 0 saturated heterocycles. The van der Waals surface area contributed by atoms with E-state index in [1.54, 1.807) is 0 Å². The highest BCUT2D eigenvalue weighted by atomic mass is 16.6. The van der Waals surface area contributed by atoms with Crippen LogP contribution in [-0.4, -0.2) is 62.3 Å². The van der Waals surface area contributed by atoms with Gasteiger partial charge in [0.2, 0.25) is 0 Å². The average Bonchev–Trinajstić information content (AvgIpc) is 3.11. The lowest BCUT2D eigenvalue weighted by Crippen LogP contribution is -2.24. The maximum absolute atomic E-state index is 11.9. The molecule has 0 unspecified atom stereocenters. The van der Waals surface area contributed by atoms with Crippen LogP contribution in [0.4, 0.5) is 0 Å². The van der Waals surface area contributed by atoms with Crippen LogP contribution in [0.5, 0.6) is 0 Å². The lowest BCUT2D eigenvalue weighted by molar-refractivity contribution is -0.155. The summed E-state index contributed by atoms with van der Waals surface area (Å²) in [6.07, 6.45) is 37.3. The number of unbranched alkanes of at least 4 members (excludes halogenated alkanes) is 16. The van der Waals surface area contributed by atoms with E-state index in [4.69, 9.17) is 14.2 Å². The van der Waals surface area contributed by atoms with Gasteiger partial charge >= 0.3 is 17.9 Å². The van der Waals surface area contributed by atoms with Gasteiger partial charge in [-0.25, -0.2) is 0 Å². The van der Waals surface area contributed by atoms with Gasteiger partial charge < -0.3 is 19.1 Å². The first-order valence-corrected chi connectivity index (χ1v) is 23.1. The van der Waals surface area contributed by atoms with Crippen LogP contribution in [0.1, 0.15) is 222 Å². The standard InChI is InChI=1S/C39H72O4.C10H21NO2/c1-6-8-10-12-14-22-28-34-42-37(40)32-26-20-16-18-24-30-36(39(3,4)5)31-25-19-17-21-27-33-38(41)43-35-29-23-15-13-11-9-7-2;1-10(2,3)13-9(12)7-6-8-11(4)5/h22-23,28-29,36H,6-21,24-27,30-35H2,1-5H3;6-8H2,1-5H3/b28-22-,29-23-;. The van der Waals surface area contributed by atoms with Gasteiger partial charge in [0.25, 0.3) is 0 Å². The third-order valence-corrected chi connectivity index (χ3v) is 9.96. The lowest BCUT2D eigenvalue weighted by Gasteiger charge is -2.31. The van der Waals surface area contributed by atoms with Crippen molar-refractivity contribution >= 4 is 17.9 Å². The first kappa shape index (κ1) is 55.9. The number of carbonyl (C=O) groups is 3. The van der Waals surface area contributed by atoms with Crippen LogP contribution in [0.25, 0.3) is 0 Å². The Bertz CT molecular complexity index is 922. The molecular formula is C49H93NO6. The minimum Gasteiger partial charge on any atom is -0.461 e. The van der Waals surface area contributed by atoms with Gasteiger partial charge in [0, 0.05) is 19.3 Å². The molecule has 0 N–H and O–H groups in total. The second-order valence-electron chi connectivity index (χ2n) is 18.2. The quantitative estimate of drug-likeness (QED) is 0.0278. The van der Waals surface area contributed by atoms with Gasteiger partial charge in [-0.15, -0.1) is 0 Å². The largest absolute Gasteiger partial charge is 0.461 e. The Hall–Kier alpha value is -2.15. The van der Waals surface area contributed by atoms with E-state index in [1.807, 2.05) is 47.0 Å². The number of hydrogen-bond donors (Lipinski definition) is 0. The van der Waals surface area contributed by atoms with E-state index in [0.29, 0.717) is 37.9 Å². The van der Waals surface area contributed by atoms with Crippen LogP contribution in [-0.2, 0) is 28.6 Å². The van der Waals surface area contributed by atoms with Crippen molar-refractivity contribution in [2.24, 2.45) is 11.3 Å². The summed E-state index contributed by atoms with van der Waals surface area (Å²) in [4.78, 5) is 37.1. The Morgan fingerprint density at radius 2 is 0.893 bits per heavy atom. The molecule has 0 bridgehead atoms. The fraction of sp³-hybridized carbons (Fsp3) is 0.857. The van der Waals surface area contributed by atoms with E-state index in [0.717, 1.165) is 57.4 Å². The Morgan fingerprint density at radius 1 is 0.500 bits per heavy atom. The fourth-order valence-corrected chi connectivity index (χ4v) is 6.50. The van der Waals surface area contributed by atoms with Crippen LogP contribution < -0.4 is 0 Å². The maximum Gasteiger partial charge on any atom is 0.306 e. The number of allylic oxidation sites excluding steroid dienone is 2. The minimum atomic E-state index is -0.352. The zero-order chi connectivity index (χ0) is 42.3. The smallest absolute Gasteiger partial charge is 0.306 e. The second-order valence-corrected chi connectivity index (χ2v) is 18.2. The van der Waals surface area contributed by atoms with E-state index in [9.17, 15) is 14.4 Å². The number of nitrogens with zero attached hydrogens (tertiary/aromatic N) is 1. The molecule has 0 aromatic carbocycles. The van der Waals surface area contributed by atoms with Gasteiger partial charge in [-0.3, -0.25) is 14.4 Å². The summed E-state index contributed by atoms with van der Waals surface area (Å²) in [5, 5.41) is 0. The Morgan fingerprint density at radius 3 is 1.29 bits per heavy atom. The van der Waals surface area contributed by atoms with Crippen molar-refractivity contribution in [1.82, 2.24) is 4.90 Å². The van der Waals surface area contributed by atoms with Gasteiger partial charge in [0.05, 0.1) is 0 Å². The monoisotopic (exact) mass is 792 g/mol. The molecule has 56 heavy (non-hydrogen) atoms. The first-order chi connectivity index (χ1) is 26.6. The normalized spacial score (nSPS) is 12.1. The van der Waals surface area contributed by atoms with E-state index in [-0.39, 0.29) is 23.5 Å². The van der Waals surface area contributed by atoms with E-state index < -0.39 is 0 Å².